The van der Waals surface area contributed by atoms with Crippen LogP contribution < -0.4 is 14.8 Å². The molecule has 0 aliphatic carbocycles. The number of nitrogens with one attached hydrogen (secondary N) is 1. The van der Waals surface area contributed by atoms with Crippen LogP contribution >= 0.6 is 11.8 Å². The molecule has 43 heavy (non-hydrogen) atoms. The molecule has 216 valence electrons. The SMILES string of the molecule is Cc1cccc(CSc2nnc(C(Cc3ccccc3)NC(=O)c3ccc4c(c3)OCO4)n2-c2ccc([N+](=O)[O-])cc2)c1. The molecule has 4 aromatic carbocycles. The summed E-state index contributed by atoms with van der Waals surface area (Å²) in [5.74, 6) is 1.92. The number of carbonyl (C=O) groups is 1. The highest BCUT2D eigenvalue weighted by Gasteiger charge is 2.26. The number of nitrogens with zero attached hydrogens (tertiary/aromatic N) is 4. The van der Waals surface area contributed by atoms with Gasteiger partial charge in [-0.15, -0.1) is 10.2 Å². The summed E-state index contributed by atoms with van der Waals surface area (Å²) >= 11 is 1.50. The van der Waals surface area contributed by atoms with Crippen molar-refractivity contribution < 1.29 is 19.2 Å². The fourth-order valence-corrected chi connectivity index (χ4v) is 5.75. The highest BCUT2D eigenvalue weighted by Crippen LogP contribution is 2.33. The molecule has 0 bridgehead atoms. The Labute approximate surface area is 251 Å². The third kappa shape index (κ3) is 6.36. The van der Waals surface area contributed by atoms with E-state index in [1.54, 1.807) is 30.3 Å². The number of nitro groups is 1. The molecule has 1 N–H and O–H groups in total. The lowest BCUT2D eigenvalue weighted by Gasteiger charge is -2.20. The van der Waals surface area contributed by atoms with Crippen molar-refractivity contribution >= 4 is 23.4 Å². The van der Waals surface area contributed by atoms with Crippen LogP contribution in [0, 0.1) is 17.0 Å². The number of thioether (sulfide) groups is 1. The number of amides is 1. The van der Waals surface area contributed by atoms with Gasteiger partial charge in [0.2, 0.25) is 6.79 Å². The number of rotatable bonds is 10. The van der Waals surface area contributed by atoms with Crippen molar-refractivity contribution in [2.24, 2.45) is 0 Å². The van der Waals surface area contributed by atoms with Crippen LogP contribution in [-0.4, -0.2) is 32.4 Å². The van der Waals surface area contributed by atoms with Gasteiger partial charge in [-0.05, 0) is 54.8 Å². The Morgan fingerprint density at radius 2 is 1.72 bits per heavy atom. The van der Waals surface area contributed by atoms with E-state index in [4.69, 9.17) is 9.47 Å². The number of hydrogen-bond donors (Lipinski definition) is 1. The highest BCUT2D eigenvalue weighted by molar-refractivity contribution is 7.98. The second-order valence-corrected chi connectivity index (χ2v) is 11.0. The zero-order valence-electron chi connectivity index (χ0n) is 23.2. The molecule has 0 saturated carbocycles. The molecule has 0 fully saturated rings. The first-order valence-electron chi connectivity index (χ1n) is 13.6. The lowest BCUT2D eigenvalue weighted by Crippen LogP contribution is -2.32. The summed E-state index contributed by atoms with van der Waals surface area (Å²) in [7, 11) is 0. The molecule has 1 aliphatic heterocycles. The van der Waals surface area contributed by atoms with Gasteiger partial charge < -0.3 is 14.8 Å². The van der Waals surface area contributed by atoms with Gasteiger partial charge in [-0.2, -0.15) is 0 Å². The minimum Gasteiger partial charge on any atom is -0.454 e. The molecule has 1 unspecified atom stereocenters. The summed E-state index contributed by atoms with van der Waals surface area (Å²) in [5.41, 5.74) is 4.31. The topological polar surface area (TPSA) is 121 Å². The van der Waals surface area contributed by atoms with Gasteiger partial charge in [0.05, 0.1) is 11.0 Å². The van der Waals surface area contributed by atoms with E-state index in [2.05, 4.69) is 27.6 Å². The Kier molecular flexibility index (Phi) is 8.05. The molecule has 1 aliphatic rings. The second kappa shape index (κ2) is 12.4. The molecule has 11 heteroatoms. The van der Waals surface area contributed by atoms with Crippen molar-refractivity contribution in [2.75, 3.05) is 6.79 Å². The summed E-state index contributed by atoms with van der Waals surface area (Å²) in [6.07, 6.45) is 0.435. The van der Waals surface area contributed by atoms with E-state index in [9.17, 15) is 14.9 Å². The lowest BCUT2D eigenvalue weighted by molar-refractivity contribution is -0.384. The summed E-state index contributed by atoms with van der Waals surface area (Å²) < 4.78 is 12.7. The molecule has 0 radical (unpaired) electrons. The van der Waals surface area contributed by atoms with E-state index in [1.807, 2.05) is 54.0 Å². The Morgan fingerprint density at radius 3 is 2.49 bits per heavy atom. The molecular formula is C32H27N5O5S. The van der Waals surface area contributed by atoms with Gasteiger partial charge in [0, 0.05) is 29.1 Å². The van der Waals surface area contributed by atoms with Gasteiger partial charge >= 0.3 is 0 Å². The van der Waals surface area contributed by atoms with Crippen molar-refractivity contribution in [1.82, 2.24) is 20.1 Å². The zero-order chi connectivity index (χ0) is 29.8. The maximum absolute atomic E-state index is 13.6. The van der Waals surface area contributed by atoms with Gasteiger partial charge in [-0.1, -0.05) is 71.9 Å². The minimum absolute atomic E-state index is 0.0238. The van der Waals surface area contributed by atoms with Crippen LogP contribution in [0.5, 0.6) is 11.5 Å². The van der Waals surface area contributed by atoms with Crippen molar-refractivity contribution in [3.8, 4) is 17.2 Å². The van der Waals surface area contributed by atoms with Crippen LogP contribution in [-0.2, 0) is 12.2 Å². The number of aryl methyl sites for hydroxylation is 1. The molecule has 0 saturated heterocycles. The Hall–Kier alpha value is -5.16. The Morgan fingerprint density at radius 1 is 0.953 bits per heavy atom. The predicted octanol–water partition coefficient (Wildman–Crippen LogP) is 6.22. The Balaban J connectivity index is 1.38. The van der Waals surface area contributed by atoms with Crippen molar-refractivity contribution in [3.05, 3.63) is 135 Å². The monoisotopic (exact) mass is 593 g/mol. The molecule has 5 aromatic rings. The molecule has 1 aromatic heterocycles. The minimum atomic E-state index is -0.587. The van der Waals surface area contributed by atoms with Crippen molar-refractivity contribution in [3.63, 3.8) is 0 Å². The average Bonchev–Trinajstić information content (AvgIpc) is 3.67. The highest BCUT2D eigenvalue weighted by atomic mass is 32.2. The number of fused-ring (bicyclic) bond motifs is 1. The maximum Gasteiger partial charge on any atom is 0.269 e. The first kappa shape index (κ1) is 28.0. The first-order valence-corrected chi connectivity index (χ1v) is 14.6. The van der Waals surface area contributed by atoms with Crippen LogP contribution in [0.15, 0.2) is 102 Å². The summed E-state index contributed by atoms with van der Waals surface area (Å²) in [5, 5.41) is 24.2. The lowest BCUT2D eigenvalue weighted by atomic mass is 10.0. The molecular weight excluding hydrogens is 566 g/mol. The van der Waals surface area contributed by atoms with Gasteiger partial charge in [0.15, 0.2) is 22.5 Å². The molecule has 1 atom stereocenters. The van der Waals surface area contributed by atoms with E-state index in [-0.39, 0.29) is 18.4 Å². The summed E-state index contributed by atoms with van der Waals surface area (Å²) in [6, 6.07) is 28.7. The van der Waals surface area contributed by atoms with E-state index in [0.717, 1.165) is 16.7 Å². The van der Waals surface area contributed by atoms with Crippen LogP contribution in [0.2, 0.25) is 0 Å². The van der Waals surface area contributed by atoms with Gasteiger partial charge in [0.25, 0.3) is 11.6 Å². The third-order valence-corrected chi connectivity index (χ3v) is 7.96. The smallest absolute Gasteiger partial charge is 0.269 e. The van der Waals surface area contributed by atoms with Crippen LogP contribution in [0.3, 0.4) is 0 Å². The fraction of sp³-hybridized carbons (Fsp3) is 0.156. The maximum atomic E-state index is 13.6. The number of aromatic nitrogens is 3. The van der Waals surface area contributed by atoms with Gasteiger partial charge in [-0.3, -0.25) is 19.5 Å². The zero-order valence-corrected chi connectivity index (χ0v) is 24.0. The van der Waals surface area contributed by atoms with Crippen molar-refractivity contribution in [1.29, 1.82) is 0 Å². The first-order chi connectivity index (χ1) is 20.9. The molecule has 10 nitrogen and oxygen atoms in total. The Bertz CT molecular complexity index is 1780. The summed E-state index contributed by atoms with van der Waals surface area (Å²) in [4.78, 5) is 24.5. The summed E-state index contributed by atoms with van der Waals surface area (Å²) in [6.45, 7) is 2.15. The number of nitro benzene ring substituents is 1. The van der Waals surface area contributed by atoms with E-state index >= 15 is 0 Å². The fourth-order valence-electron chi connectivity index (χ4n) is 4.85. The standard InChI is InChI=1S/C32H27N5O5S/c1-21-6-5-9-23(16-21)19-43-32-35-34-30(36(32)25-11-13-26(14-12-25)37(39)40)27(17-22-7-3-2-4-8-22)33-31(38)24-10-15-28-29(18-24)42-20-41-28/h2-16,18,27H,17,19-20H2,1H3,(H,33,38). The normalized spacial score (nSPS) is 12.6. The molecule has 0 spiro atoms. The number of hydrogen-bond acceptors (Lipinski definition) is 8. The largest absolute Gasteiger partial charge is 0.454 e. The number of non-ortho nitro benzene ring substituents is 1. The van der Waals surface area contributed by atoms with Gasteiger partial charge in [0.1, 0.15) is 0 Å². The van der Waals surface area contributed by atoms with E-state index in [0.29, 0.717) is 45.9 Å². The van der Waals surface area contributed by atoms with Crippen molar-refractivity contribution in [2.45, 2.75) is 30.3 Å². The van der Waals surface area contributed by atoms with Gasteiger partial charge in [-0.25, -0.2) is 0 Å². The van der Waals surface area contributed by atoms with Crippen LogP contribution in [0.4, 0.5) is 5.69 Å². The third-order valence-electron chi connectivity index (χ3n) is 6.96. The van der Waals surface area contributed by atoms with E-state index < -0.39 is 11.0 Å². The molecule has 6 rings (SSSR count). The number of ether oxygens (including phenoxy) is 2. The average molecular weight is 594 g/mol. The van der Waals surface area contributed by atoms with Crippen LogP contribution in [0.25, 0.3) is 5.69 Å². The molecule has 1 amide bonds. The molecule has 2 heterocycles. The number of benzene rings is 4. The van der Waals surface area contributed by atoms with E-state index in [1.165, 1.54) is 23.9 Å². The van der Waals surface area contributed by atoms with Crippen LogP contribution in [0.1, 0.15) is 38.9 Å². The predicted molar refractivity (Wildman–Crippen MR) is 162 cm³/mol. The quantitative estimate of drug-likeness (QED) is 0.115. The number of carbonyl (C=O) groups excluding carboxylic acids is 1. The second-order valence-electron chi connectivity index (χ2n) is 10.0.